The predicted molar refractivity (Wildman–Crippen MR) is 72.9 cm³/mol. The molecule has 0 aromatic heterocycles. The van der Waals surface area contributed by atoms with Crippen LogP contribution in [0.4, 0.5) is 13.2 Å². The van der Waals surface area contributed by atoms with E-state index in [2.05, 4.69) is 10.2 Å². The van der Waals surface area contributed by atoms with Gasteiger partial charge in [0.1, 0.15) is 0 Å². The van der Waals surface area contributed by atoms with Crippen LogP contribution in [-0.2, 0) is 4.79 Å². The second kappa shape index (κ2) is 8.55. The molecule has 1 amide bonds. The number of alkyl halides is 3. The summed E-state index contributed by atoms with van der Waals surface area (Å²) in [7, 11) is 0. The summed E-state index contributed by atoms with van der Waals surface area (Å²) in [6, 6.07) is 0. The third-order valence-corrected chi connectivity index (χ3v) is 3.51. The Labute approximate surface area is 123 Å². The average molecular weight is 311 g/mol. The molecule has 1 aliphatic heterocycles. The van der Waals surface area contributed by atoms with E-state index in [9.17, 15) is 23.1 Å². The first-order valence-corrected chi connectivity index (χ1v) is 7.27. The fourth-order valence-corrected chi connectivity index (χ4v) is 2.19. The van der Waals surface area contributed by atoms with Gasteiger partial charge in [-0.25, -0.2) is 0 Å². The van der Waals surface area contributed by atoms with Crippen LogP contribution >= 0.6 is 0 Å². The molecule has 0 aromatic rings. The number of β-amino-alcohol motifs (C(OH)–C–C–N with tert-alkyl or cyclic N) is 1. The zero-order valence-electron chi connectivity index (χ0n) is 12.3. The molecule has 8 heteroatoms. The first-order chi connectivity index (χ1) is 9.81. The lowest BCUT2D eigenvalue weighted by Crippen LogP contribution is -2.50. The maximum Gasteiger partial charge on any atom is 0.401 e. The average Bonchev–Trinajstić information content (AvgIpc) is 2.43. The van der Waals surface area contributed by atoms with Crippen molar-refractivity contribution in [3.05, 3.63) is 0 Å². The molecule has 1 aliphatic rings. The van der Waals surface area contributed by atoms with E-state index < -0.39 is 12.7 Å². The van der Waals surface area contributed by atoms with Crippen LogP contribution in [0.15, 0.2) is 0 Å². The zero-order chi connectivity index (χ0) is 15.9. The van der Waals surface area contributed by atoms with Gasteiger partial charge < -0.3 is 15.3 Å². The van der Waals surface area contributed by atoms with Crippen LogP contribution in [0.25, 0.3) is 0 Å². The van der Waals surface area contributed by atoms with Gasteiger partial charge in [-0.2, -0.15) is 13.2 Å². The van der Waals surface area contributed by atoms with Gasteiger partial charge in [0, 0.05) is 45.7 Å². The van der Waals surface area contributed by atoms with Crippen LogP contribution in [-0.4, -0.2) is 78.9 Å². The van der Waals surface area contributed by atoms with E-state index in [4.69, 9.17) is 0 Å². The molecule has 0 spiro atoms. The largest absolute Gasteiger partial charge is 0.401 e. The van der Waals surface area contributed by atoms with Crippen molar-refractivity contribution in [1.29, 1.82) is 0 Å². The maximum atomic E-state index is 11.9. The monoisotopic (exact) mass is 311 g/mol. The Morgan fingerprint density at radius 2 is 1.90 bits per heavy atom. The number of nitrogens with zero attached hydrogens (tertiary/aromatic N) is 2. The lowest BCUT2D eigenvalue weighted by atomic mass is 10.2. The molecule has 2 N–H and O–H groups in total. The number of hydrogen-bond donors (Lipinski definition) is 2. The third kappa shape index (κ3) is 7.63. The fraction of sp³-hybridized carbons (Fsp3) is 0.923. The third-order valence-electron chi connectivity index (χ3n) is 3.51. The van der Waals surface area contributed by atoms with Gasteiger partial charge >= 0.3 is 6.18 Å². The van der Waals surface area contributed by atoms with Gasteiger partial charge in [-0.05, 0) is 6.42 Å². The first-order valence-electron chi connectivity index (χ1n) is 7.27. The summed E-state index contributed by atoms with van der Waals surface area (Å²) in [5.41, 5.74) is 0. The molecular weight excluding hydrogens is 287 g/mol. The summed E-state index contributed by atoms with van der Waals surface area (Å²) in [6.45, 7) is 4.00. The number of carbonyl (C=O) groups excluding carboxylic acids is 1. The number of piperazine rings is 1. The van der Waals surface area contributed by atoms with Crippen molar-refractivity contribution < 1.29 is 23.1 Å². The van der Waals surface area contributed by atoms with Crippen molar-refractivity contribution in [2.24, 2.45) is 0 Å². The van der Waals surface area contributed by atoms with Gasteiger partial charge in [0.05, 0.1) is 12.6 Å². The number of hydrogen-bond acceptors (Lipinski definition) is 4. The van der Waals surface area contributed by atoms with Crippen LogP contribution in [0.1, 0.15) is 19.8 Å². The lowest BCUT2D eigenvalue weighted by molar-refractivity contribution is -0.134. The van der Waals surface area contributed by atoms with E-state index in [1.807, 2.05) is 6.92 Å². The Bertz CT molecular complexity index is 318. The number of nitrogens with one attached hydrogen (secondary N) is 1. The van der Waals surface area contributed by atoms with Gasteiger partial charge in [0.2, 0.25) is 5.91 Å². The molecule has 0 unspecified atom stereocenters. The van der Waals surface area contributed by atoms with Crippen molar-refractivity contribution in [3.63, 3.8) is 0 Å². The van der Waals surface area contributed by atoms with Gasteiger partial charge in [-0.1, -0.05) is 6.92 Å². The van der Waals surface area contributed by atoms with Gasteiger partial charge in [0.15, 0.2) is 0 Å². The highest BCUT2D eigenvalue weighted by molar-refractivity contribution is 5.76. The number of carbonyl (C=O) groups is 1. The van der Waals surface area contributed by atoms with E-state index in [1.165, 1.54) is 0 Å². The summed E-state index contributed by atoms with van der Waals surface area (Å²) < 4.78 is 35.8. The Morgan fingerprint density at radius 1 is 1.29 bits per heavy atom. The number of amides is 1. The number of rotatable bonds is 7. The van der Waals surface area contributed by atoms with Crippen LogP contribution in [0.3, 0.4) is 0 Å². The molecule has 1 heterocycles. The molecule has 1 fully saturated rings. The van der Waals surface area contributed by atoms with Crippen LogP contribution in [0.5, 0.6) is 0 Å². The Morgan fingerprint density at radius 3 is 2.43 bits per heavy atom. The SMILES string of the molecule is CC[C@H](O)CN1CCN(C(=O)CCNCC(F)(F)F)CC1. The minimum Gasteiger partial charge on any atom is -0.392 e. The summed E-state index contributed by atoms with van der Waals surface area (Å²) >= 11 is 0. The van der Waals surface area contributed by atoms with E-state index in [-0.39, 0.29) is 25.0 Å². The second-order valence-corrected chi connectivity index (χ2v) is 5.29. The molecule has 5 nitrogen and oxygen atoms in total. The standard InChI is InChI=1S/C13H24F3N3O2/c1-2-11(20)9-18-5-7-19(8-6-18)12(21)3-4-17-10-13(14,15)16/h11,17,20H,2-10H2,1H3/t11-/m0/s1. The summed E-state index contributed by atoms with van der Waals surface area (Å²) in [5.74, 6) is -0.125. The highest BCUT2D eigenvalue weighted by Crippen LogP contribution is 2.12. The summed E-state index contributed by atoms with van der Waals surface area (Å²) in [6.07, 6.45) is -3.81. The van der Waals surface area contributed by atoms with Crippen molar-refractivity contribution in [3.8, 4) is 0 Å². The highest BCUT2D eigenvalue weighted by Gasteiger charge is 2.26. The fourth-order valence-electron chi connectivity index (χ4n) is 2.19. The van der Waals surface area contributed by atoms with Crippen LogP contribution in [0.2, 0.25) is 0 Å². The molecule has 0 bridgehead atoms. The van der Waals surface area contributed by atoms with Crippen LogP contribution in [0, 0.1) is 0 Å². The number of aliphatic hydroxyl groups excluding tert-OH is 1. The number of halogens is 3. The molecule has 0 aromatic carbocycles. The Kier molecular flexibility index (Phi) is 7.41. The van der Waals surface area contributed by atoms with Crippen molar-refractivity contribution in [2.45, 2.75) is 32.0 Å². The molecule has 1 rings (SSSR count). The van der Waals surface area contributed by atoms with E-state index in [1.54, 1.807) is 4.90 Å². The minimum absolute atomic E-state index is 0.0348. The van der Waals surface area contributed by atoms with Crippen molar-refractivity contribution in [2.75, 3.05) is 45.8 Å². The van der Waals surface area contributed by atoms with E-state index in [0.29, 0.717) is 39.1 Å². The van der Waals surface area contributed by atoms with Gasteiger partial charge in [0.25, 0.3) is 0 Å². The van der Waals surface area contributed by atoms with Crippen molar-refractivity contribution >= 4 is 5.91 Å². The minimum atomic E-state index is -4.24. The molecule has 124 valence electrons. The lowest BCUT2D eigenvalue weighted by Gasteiger charge is -2.35. The molecule has 0 saturated carbocycles. The Balaban J connectivity index is 2.17. The molecule has 0 radical (unpaired) electrons. The summed E-state index contributed by atoms with van der Waals surface area (Å²) in [4.78, 5) is 15.6. The molecule has 1 saturated heterocycles. The molecule has 21 heavy (non-hydrogen) atoms. The predicted octanol–water partition coefficient (Wildman–Crippen LogP) is 0.443. The molecular formula is C13H24F3N3O2. The molecule has 0 aliphatic carbocycles. The zero-order valence-corrected chi connectivity index (χ0v) is 12.3. The van der Waals surface area contributed by atoms with E-state index in [0.717, 1.165) is 0 Å². The smallest absolute Gasteiger partial charge is 0.392 e. The van der Waals surface area contributed by atoms with Gasteiger partial charge in [-0.15, -0.1) is 0 Å². The first kappa shape index (κ1) is 18.2. The van der Waals surface area contributed by atoms with Crippen LogP contribution < -0.4 is 5.32 Å². The quantitative estimate of drug-likeness (QED) is 0.670. The molecule has 1 atom stereocenters. The highest BCUT2D eigenvalue weighted by atomic mass is 19.4. The maximum absolute atomic E-state index is 11.9. The van der Waals surface area contributed by atoms with Gasteiger partial charge in [-0.3, -0.25) is 9.69 Å². The summed E-state index contributed by atoms with van der Waals surface area (Å²) in [5, 5.41) is 11.8. The normalized spacial score (nSPS) is 18.8. The number of aliphatic hydroxyl groups is 1. The Hall–Kier alpha value is -0.860. The van der Waals surface area contributed by atoms with Crippen molar-refractivity contribution in [1.82, 2.24) is 15.1 Å². The van der Waals surface area contributed by atoms with E-state index >= 15 is 0 Å². The second-order valence-electron chi connectivity index (χ2n) is 5.29. The topological polar surface area (TPSA) is 55.8 Å².